The minimum atomic E-state index is -3.53. The first-order chi connectivity index (χ1) is 7.42. The number of aromatic amines is 1. The van der Waals surface area contributed by atoms with Crippen molar-refractivity contribution in [2.24, 2.45) is 5.73 Å². The standard InChI is InChI=1S/C9H18N4O2S/c1-4-8(5-10)13-16(14,15)9-6(2)11-12-7(9)3/h8,13H,4-5,10H2,1-3H3,(H,11,12). The van der Waals surface area contributed by atoms with E-state index in [0.717, 1.165) is 0 Å². The van der Waals surface area contributed by atoms with E-state index in [1.54, 1.807) is 13.8 Å². The summed E-state index contributed by atoms with van der Waals surface area (Å²) in [6, 6.07) is -0.237. The highest BCUT2D eigenvalue weighted by atomic mass is 32.2. The fraction of sp³-hybridized carbons (Fsp3) is 0.667. The normalized spacial score (nSPS) is 14.0. The summed E-state index contributed by atoms with van der Waals surface area (Å²) in [4.78, 5) is 0.222. The molecule has 7 heteroatoms. The largest absolute Gasteiger partial charge is 0.329 e. The molecule has 0 aliphatic rings. The highest BCUT2D eigenvalue weighted by Crippen LogP contribution is 2.16. The van der Waals surface area contributed by atoms with Crippen molar-refractivity contribution in [3.8, 4) is 0 Å². The van der Waals surface area contributed by atoms with Crippen molar-refractivity contribution >= 4 is 10.0 Å². The lowest BCUT2D eigenvalue weighted by Crippen LogP contribution is -2.39. The molecule has 92 valence electrons. The van der Waals surface area contributed by atoms with Crippen molar-refractivity contribution in [1.82, 2.24) is 14.9 Å². The average Bonchev–Trinajstić information content (AvgIpc) is 2.55. The first kappa shape index (κ1) is 13.1. The molecule has 1 heterocycles. The second-order valence-electron chi connectivity index (χ2n) is 3.73. The predicted molar refractivity (Wildman–Crippen MR) is 61.5 cm³/mol. The maximum atomic E-state index is 12.0. The molecule has 0 aliphatic carbocycles. The zero-order valence-electron chi connectivity index (χ0n) is 9.74. The van der Waals surface area contributed by atoms with Crippen molar-refractivity contribution in [1.29, 1.82) is 0 Å². The van der Waals surface area contributed by atoms with E-state index in [4.69, 9.17) is 5.73 Å². The van der Waals surface area contributed by atoms with E-state index in [1.807, 2.05) is 6.92 Å². The van der Waals surface area contributed by atoms with Gasteiger partial charge in [0.25, 0.3) is 0 Å². The Morgan fingerprint density at radius 1 is 1.50 bits per heavy atom. The Bertz CT molecular complexity index is 429. The van der Waals surface area contributed by atoms with E-state index in [-0.39, 0.29) is 17.5 Å². The molecule has 0 spiro atoms. The molecule has 1 aromatic rings. The second kappa shape index (κ2) is 4.94. The van der Waals surface area contributed by atoms with Crippen LogP contribution >= 0.6 is 0 Å². The van der Waals surface area contributed by atoms with Crippen LogP contribution in [0.4, 0.5) is 0 Å². The van der Waals surface area contributed by atoms with Crippen molar-refractivity contribution in [2.45, 2.75) is 38.1 Å². The summed E-state index contributed by atoms with van der Waals surface area (Å²) in [6.07, 6.45) is 0.658. The molecule has 0 aromatic carbocycles. The molecular weight excluding hydrogens is 228 g/mol. The highest BCUT2D eigenvalue weighted by molar-refractivity contribution is 7.89. The third-order valence-corrected chi connectivity index (χ3v) is 4.21. The lowest BCUT2D eigenvalue weighted by Gasteiger charge is -2.14. The summed E-state index contributed by atoms with van der Waals surface area (Å²) in [5.41, 5.74) is 6.48. The number of aryl methyl sites for hydroxylation is 2. The lowest BCUT2D eigenvalue weighted by atomic mass is 10.2. The van der Waals surface area contributed by atoms with Gasteiger partial charge in [0.1, 0.15) is 4.90 Å². The summed E-state index contributed by atoms with van der Waals surface area (Å²) < 4.78 is 26.6. The van der Waals surface area contributed by atoms with Gasteiger partial charge in [-0.3, -0.25) is 5.10 Å². The van der Waals surface area contributed by atoms with E-state index in [0.29, 0.717) is 17.8 Å². The van der Waals surface area contributed by atoms with Gasteiger partial charge in [0.15, 0.2) is 0 Å². The van der Waals surface area contributed by atoms with Gasteiger partial charge in [-0.25, -0.2) is 13.1 Å². The SMILES string of the molecule is CCC(CN)NS(=O)(=O)c1c(C)n[nH]c1C. The molecule has 0 aliphatic heterocycles. The quantitative estimate of drug-likeness (QED) is 0.683. The minimum absolute atomic E-state index is 0.222. The molecule has 1 atom stereocenters. The van der Waals surface area contributed by atoms with Gasteiger partial charge in [-0.2, -0.15) is 5.10 Å². The summed E-state index contributed by atoms with van der Waals surface area (Å²) >= 11 is 0. The lowest BCUT2D eigenvalue weighted by molar-refractivity contribution is 0.541. The Balaban J connectivity index is 3.03. The van der Waals surface area contributed by atoms with E-state index in [2.05, 4.69) is 14.9 Å². The minimum Gasteiger partial charge on any atom is -0.329 e. The first-order valence-corrected chi connectivity index (χ1v) is 6.64. The van der Waals surface area contributed by atoms with Crippen LogP contribution in [-0.4, -0.2) is 31.2 Å². The molecule has 0 fully saturated rings. The molecule has 0 saturated heterocycles. The summed E-state index contributed by atoms with van der Waals surface area (Å²) in [5, 5.41) is 6.52. The Morgan fingerprint density at radius 3 is 2.50 bits per heavy atom. The van der Waals surface area contributed by atoms with Gasteiger partial charge < -0.3 is 5.73 Å². The van der Waals surface area contributed by atoms with Crippen LogP contribution in [0.15, 0.2) is 4.90 Å². The van der Waals surface area contributed by atoms with Gasteiger partial charge >= 0.3 is 0 Å². The topological polar surface area (TPSA) is 101 Å². The smallest absolute Gasteiger partial charge is 0.244 e. The van der Waals surface area contributed by atoms with Crippen LogP contribution in [-0.2, 0) is 10.0 Å². The van der Waals surface area contributed by atoms with Gasteiger partial charge in [0.05, 0.1) is 11.4 Å². The van der Waals surface area contributed by atoms with Crippen molar-refractivity contribution in [3.05, 3.63) is 11.4 Å². The van der Waals surface area contributed by atoms with Crippen LogP contribution in [0.25, 0.3) is 0 Å². The zero-order chi connectivity index (χ0) is 12.3. The van der Waals surface area contributed by atoms with Crippen LogP contribution in [0.2, 0.25) is 0 Å². The van der Waals surface area contributed by atoms with E-state index in [1.165, 1.54) is 0 Å². The Kier molecular flexibility index (Phi) is 4.06. The Morgan fingerprint density at radius 2 is 2.12 bits per heavy atom. The van der Waals surface area contributed by atoms with Gasteiger partial charge in [-0.1, -0.05) is 6.92 Å². The summed E-state index contributed by atoms with van der Waals surface area (Å²) in [5.74, 6) is 0. The predicted octanol–water partition coefficient (Wildman–Crippen LogP) is 0.0421. The Labute approximate surface area is 95.7 Å². The number of rotatable bonds is 5. The molecule has 1 aromatic heterocycles. The number of nitrogens with two attached hydrogens (primary N) is 1. The molecule has 16 heavy (non-hydrogen) atoms. The van der Waals surface area contributed by atoms with Gasteiger partial charge in [-0.05, 0) is 20.3 Å². The van der Waals surface area contributed by atoms with Crippen molar-refractivity contribution in [3.63, 3.8) is 0 Å². The van der Waals surface area contributed by atoms with Crippen LogP contribution in [0, 0.1) is 13.8 Å². The molecule has 6 nitrogen and oxygen atoms in total. The molecule has 4 N–H and O–H groups in total. The van der Waals surface area contributed by atoms with Crippen LogP contribution in [0.3, 0.4) is 0 Å². The van der Waals surface area contributed by atoms with Crippen molar-refractivity contribution < 1.29 is 8.42 Å². The fourth-order valence-corrected chi connectivity index (χ4v) is 3.22. The average molecular weight is 246 g/mol. The maximum absolute atomic E-state index is 12.0. The van der Waals surface area contributed by atoms with Crippen molar-refractivity contribution in [2.75, 3.05) is 6.54 Å². The fourth-order valence-electron chi connectivity index (χ4n) is 1.51. The van der Waals surface area contributed by atoms with Gasteiger partial charge in [0.2, 0.25) is 10.0 Å². The third-order valence-electron chi connectivity index (χ3n) is 2.43. The molecule has 1 rings (SSSR count). The number of nitrogens with one attached hydrogen (secondary N) is 2. The third kappa shape index (κ3) is 2.60. The summed E-state index contributed by atoms with van der Waals surface area (Å²) in [6.45, 7) is 5.50. The van der Waals surface area contributed by atoms with Crippen LogP contribution in [0.5, 0.6) is 0 Å². The number of nitrogens with zero attached hydrogens (tertiary/aromatic N) is 1. The van der Waals surface area contributed by atoms with Gasteiger partial charge in [0, 0.05) is 12.6 Å². The molecule has 0 saturated carbocycles. The summed E-state index contributed by atoms with van der Waals surface area (Å²) in [7, 11) is -3.53. The van der Waals surface area contributed by atoms with Crippen LogP contribution < -0.4 is 10.5 Å². The monoisotopic (exact) mass is 246 g/mol. The van der Waals surface area contributed by atoms with Crippen LogP contribution in [0.1, 0.15) is 24.7 Å². The van der Waals surface area contributed by atoms with E-state index in [9.17, 15) is 8.42 Å². The van der Waals surface area contributed by atoms with E-state index < -0.39 is 10.0 Å². The molecule has 1 unspecified atom stereocenters. The highest BCUT2D eigenvalue weighted by Gasteiger charge is 2.24. The second-order valence-corrected chi connectivity index (χ2v) is 5.38. The number of aromatic nitrogens is 2. The zero-order valence-corrected chi connectivity index (χ0v) is 10.6. The molecule has 0 amide bonds. The number of H-pyrrole nitrogens is 1. The maximum Gasteiger partial charge on any atom is 0.244 e. The molecular formula is C9H18N4O2S. The number of hydrogen-bond donors (Lipinski definition) is 3. The first-order valence-electron chi connectivity index (χ1n) is 5.16. The van der Waals surface area contributed by atoms with E-state index >= 15 is 0 Å². The number of hydrogen-bond acceptors (Lipinski definition) is 4. The van der Waals surface area contributed by atoms with Gasteiger partial charge in [-0.15, -0.1) is 0 Å². The molecule has 0 bridgehead atoms. The Hall–Kier alpha value is -0.920. The number of sulfonamides is 1. The molecule has 0 radical (unpaired) electrons.